The molecule has 7 heteroatoms. The zero-order chi connectivity index (χ0) is 28.1. The second kappa shape index (κ2) is 13.0. The van der Waals surface area contributed by atoms with Gasteiger partial charge in [-0.15, -0.1) is 0 Å². The molecule has 2 aliphatic heterocycles. The number of aromatic nitrogens is 2. The molecule has 0 spiro atoms. The quantitative estimate of drug-likeness (QED) is 0.247. The number of hydrogen-bond donors (Lipinski definition) is 0. The highest BCUT2D eigenvalue weighted by Gasteiger charge is 2.23. The number of amides is 1. The zero-order valence-electron chi connectivity index (χ0n) is 24.0. The summed E-state index contributed by atoms with van der Waals surface area (Å²) in [7, 11) is 0. The molecule has 0 atom stereocenters. The molecule has 212 valence electrons. The van der Waals surface area contributed by atoms with Crippen molar-refractivity contribution in [2.24, 2.45) is 4.99 Å². The van der Waals surface area contributed by atoms with E-state index in [9.17, 15) is 4.79 Å². The van der Waals surface area contributed by atoms with Gasteiger partial charge in [0.15, 0.2) is 0 Å². The molecule has 3 aromatic rings. The number of nitrogens with zero attached hydrogens (tertiary/aromatic N) is 5. The second-order valence-corrected chi connectivity index (χ2v) is 11.7. The maximum atomic E-state index is 12.2. The Labute approximate surface area is 243 Å². The van der Waals surface area contributed by atoms with Gasteiger partial charge in [-0.25, -0.2) is 4.99 Å². The smallest absolute Gasteiger partial charge is 0.227 e. The largest absolute Gasteiger partial charge is 0.312 e. The van der Waals surface area contributed by atoms with Crippen molar-refractivity contribution in [3.8, 4) is 11.3 Å². The molecular weight excluding hydrogens is 518 g/mol. The molecule has 3 heterocycles. The Bertz CT molecular complexity index is 1380. The maximum Gasteiger partial charge on any atom is 0.227 e. The van der Waals surface area contributed by atoms with E-state index in [1.807, 2.05) is 24.0 Å². The molecule has 0 unspecified atom stereocenters. The number of unbranched alkanes of at least 4 members (excludes halogenated alkanes) is 2. The van der Waals surface area contributed by atoms with Crippen molar-refractivity contribution in [1.29, 1.82) is 0 Å². The van der Waals surface area contributed by atoms with Gasteiger partial charge in [-0.2, -0.15) is 0 Å². The van der Waals surface area contributed by atoms with Crippen LogP contribution in [0.4, 0.5) is 5.69 Å². The van der Waals surface area contributed by atoms with Crippen LogP contribution < -0.4 is 10.5 Å². The lowest BCUT2D eigenvalue weighted by Gasteiger charge is -2.31. The number of carbonyl (C=O) groups excluding carboxylic acids is 1. The first-order chi connectivity index (χ1) is 19.4. The van der Waals surface area contributed by atoms with E-state index in [4.69, 9.17) is 16.6 Å². The number of imidazole rings is 1. The summed E-state index contributed by atoms with van der Waals surface area (Å²) in [6, 6.07) is 16.8. The lowest BCUT2D eigenvalue weighted by Crippen LogP contribution is -2.35. The predicted octanol–water partition coefficient (Wildman–Crippen LogP) is 7.16. The Morgan fingerprint density at radius 2 is 1.75 bits per heavy atom. The van der Waals surface area contributed by atoms with Crippen LogP contribution in [-0.2, 0) is 11.3 Å². The Kier molecular flexibility index (Phi) is 9.28. The monoisotopic (exact) mass is 559 g/mol. The van der Waals surface area contributed by atoms with Crippen molar-refractivity contribution >= 4 is 28.9 Å². The number of halogens is 1. The lowest BCUT2D eigenvalue weighted by molar-refractivity contribution is -0.117. The Morgan fingerprint density at radius 1 is 1.02 bits per heavy atom. The Hall–Kier alpha value is -3.09. The number of allylic oxidation sites excluding steroid dienone is 1. The van der Waals surface area contributed by atoms with Gasteiger partial charge < -0.3 is 9.47 Å². The molecule has 6 nitrogen and oxygen atoms in total. The van der Waals surface area contributed by atoms with Crippen LogP contribution in [0.2, 0.25) is 5.02 Å². The average molecular weight is 560 g/mol. The molecule has 1 aromatic heterocycles. The van der Waals surface area contributed by atoms with E-state index >= 15 is 0 Å². The number of likely N-dealkylation sites (tertiary alicyclic amines) is 1. The van der Waals surface area contributed by atoms with Crippen molar-refractivity contribution in [3.63, 3.8) is 0 Å². The van der Waals surface area contributed by atoms with E-state index in [0.717, 1.165) is 85.1 Å². The van der Waals surface area contributed by atoms with Crippen LogP contribution in [0.25, 0.3) is 17.0 Å². The van der Waals surface area contributed by atoms with E-state index < -0.39 is 0 Å². The summed E-state index contributed by atoms with van der Waals surface area (Å²) < 4.78 is 4.50. The second-order valence-electron chi connectivity index (χ2n) is 11.2. The normalized spacial score (nSPS) is 17.2. The molecule has 2 saturated heterocycles. The van der Waals surface area contributed by atoms with Crippen molar-refractivity contribution in [2.45, 2.75) is 71.3 Å². The Balaban J connectivity index is 1.39. The molecule has 2 aromatic carbocycles. The number of rotatable bonds is 10. The van der Waals surface area contributed by atoms with Crippen molar-refractivity contribution in [1.82, 2.24) is 14.0 Å². The zero-order valence-corrected chi connectivity index (χ0v) is 24.7. The summed E-state index contributed by atoms with van der Waals surface area (Å²) >= 11 is 6.10. The van der Waals surface area contributed by atoms with E-state index in [1.54, 1.807) is 0 Å². The number of anilines is 1. The van der Waals surface area contributed by atoms with Crippen LogP contribution in [0.15, 0.2) is 66.3 Å². The van der Waals surface area contributed by atoms with Crippen LogP contribution in [0, 0.1) is 0 Å². The van der Waals surface area contributed by atoms with E-state index in [2.05, 4.69) is 70.1 Å². The summed E-state index contributed by atoms with van der Waals surface area (Å²) in [5.74, 6) is 0.798. The molecule has 2 fully saturated rings. The molecular formula is C33H42ClN5O. The predicted molar refractivity (Wildman–Crippen MR) is 165 cm³/mol. The highest BCUT2D eigenvalue weighted by Crippen LogP contribution is 2.29. The minimum Gasteiger partial charge on any atom is -0.312 e. The lowest BCUT2D eigenvalue weighted by atomic mass is 9.90. The highest BCUT2D eigenvalue weighted by atomic mass is 35.5. The summed E-state index contributed by atoms with van der Waals surface area (Å²) in [6.07, 6.45) is 9.47. The molecule has 0 radical (unpaired) electrons. The molecule has 0 saturated carbocycles. The summed E-state index contributed by atoms with van der Waals surface area (Å²) in [4.78, 5) is 21.8. The van der Waals surface area contributed by atoms with Crippen molar-refractivity contribution < 1.29 is 4.79 Å². The van der Waals surface area contributed by atoms with Gasteiger partial charge in [-0.1, -0.05) is 62.2 Å². The van der Waals surface area contributed by atoms with Crippen LogP contribution in [0.3, 0.4) is 0 Å². The van der Waals surface area contributed by atoms with Crippen LogP contribution in [0.1, 0.15) is 70.3 Å². The fourth-order valence-corrected chi connectivity index (χ4v) is 6.07. The molecule has 1 amide bonds. The van der Waals surface area contributed by atoms with Gasteiger partial charge in [0.05, 0.1) is 12.4 Å². The topological polar surface area (TPSA) is 45.8 Å². The van der Waals surface area contributed by atoms with Crippen molar-refractivity contribution in [3.05, 3.63) is 77.5 Å². The number of carbonyl (C=O) groups is 1. The molecule has 40 heavy (non-hydrogen) atoms. The van der Waals surface area contributed by atoms with Crippen molar-refractivity contribution in [2.75, 3.05) is 31.2 Å². The van der Waals surface area contributed by atoms with Gasteiger partial charge in [0.1, 0.15) is 0 Å². The third-order valence-corrected chi connectivity index (χ3v) is 8.54. The first-order valence-corrected chi connectivity index (χ1v) is 15.2. The first-order valence-electron chi connectivity index (χ1n) is 14.8. The number of hydrogen-bond acceptors (Lipinski definition) is 3. The average Bonchev–Trinajstić information content (AvgIpc) is 3.56. The van der Waals surface area contributed by atoms with Gasteiger partial charge in [0.25, 0.3) is 0 Å². The number of benzene rings is 2. The summed E-state index contributed by atoms with van der Waals surface area (Å²) in [6.45, 7) is 13.0. The van der Waals surface area contributed by atoms with Crippen LogP contribution >= 0.6 is 11.6 Å². The fourth-order valence-electron chi connectivity index (χ4n) is 5.94. The van der Waals surface area contributed by atoms with E-state index in [1.165, 1.54) is 18.4 Å². The maximum absolute atomic E-state index is 12.2. The van der Waals surface area contributed by atoms with Gasteiger partial charge in [-0.3, -0.25) is 14.3 Å². The fraction of sp³-hybridized carbons (Fsp3) is 0.455. The highest BCUT2D eigenvalue weighted by molar-refractivity contribution is 6.30. The third kappa shape index (κ3) is 6.45. The SMILES string of the molecule is C=C(C)n1cc(-c2ccc(N3CCCC3=O)cc2)n(CCCCC)/c1=N/CN1CCC(c2ccc(Cl)cc2)CC1. The molecule has 0 aliphatic carbocycles. The van der Waals surface area contributed by atoms with Gasteiger partial charge >= 0.3 is 0 Å². The van der Waals surface area contributed by atoms with Crippen LogP contribution in [-0.4, -0.2) is 46.2 Å². The van der Waals surface area contributed by atoms with E-state index in [0.29, 0.717) is 19.0 Å². The standard InChI is InChI=1S/C33H42ClN5O/c1-4-5-6-19-38-31(28-11-15-30(16-12-28)37-20-7-8-32(37)40)23-39(25(2)3)33(38)35-24-36-21-17-27(18-22-36)26-9-13-29(34)14-10-26/h9-16,23,27H,2,4-8,17-22,24H2,1,3H3/b35-33-. The van der Waals surface area contributed by atoms with Gasteiger partial charge in [0, 0.05) is 55.2 Å². The minimum atomic E-state index is 0.217. The molecule has 2 aliphatic rings. The number of piperidine rings is 1. The minimum absolute atomic E-state index is 0.217. The summed E-state index contributed by atoms with van der Waals surface area (Å²) in [5.41, 5.74) is 6.55. The molecule has 5 rings (SSSR count). The molecule has 0 bridgehead atoms. The Morgan fingerprint density at radius 3 is 2.38 bits per heavy atom. The third-order valence-electron chi connectivity index (χ3n) is 8.28. The molecule has 0 N–H and O–H groups in total. The van der Waals surface area contributed by atoms with E-state index in [-0.39, 0.29) is 5.91 Å². The first kappa shape index (κ1) is 28.4. The van der Waals surface area contributed by atoms with Gasteiger partial charge in [-0.05, 0) is 73.9 Å². The summed E-state index contributed by atoms with van der Waals surface area (Å²) in [5, 5.41) is 0.796. The van der Waals surface area contributed by atoms with Crippen LogP contribution in [0.5, 0.6) is 0 Å². The van der Waals surface area contributed by atoms with Gasteiger partial charge in [0.2, 0.25) is 11.5 Å².